The SMILES string of the molecule is CN(Cc1cccnc1)C[C@@H]1CCN(c2nc3cc(F)ccc3o2)C1. The first-order chi connectivity index (χ1) is 12.2. The zero-order valence-electron chi connectivity index (χ0n) is 14.2. The predicted octanol–water partition coefficient (Wildman–Crippen LogP) is 3.32. The summed E-state index contributed by atoms with van der Waals surface area (Å²) in [6.07, 6.45) is 4.81. The lowest BCUT2D eigenvalue weighted by Gasteiger charge is -2.21. The van der Waals surface area contributed by atoms with E-state index >= 15 is 0 Å². The molecule has 1 atom stereocenters. The second-order valence-corrected chi connectivity index (χ2v) is 6.77. The lowest BCUT2D eigenvalue weighted by atomic mass is 10.1. The molecule has 1 aromatic carbocycles. The van der Waals surface area contributed by atoms with Crippen molar-refractivity contribution in [2.24, 2.45) is 5.92 Å². The van der Waals surface area contributed by atoms with Crippen LogP contribution in [0, 0.1) is 11.7 Å². The van der Waals surface area contributed by atoms with E-state index < -0.39 is 0 Å². The van der Waals surface area contributed by atoms with Gasteiger partial charge in [-0.05, 0) is 43.1 Å². The quantitative estimate of drug-likeness (QED) is 0.713. The van der Waals surface area contributed by atoms with E-state index in [1.807, 2.05) is 12.3 Å². The number of hydrogen-bond acceptors (Lipinski definition) is 5. The van der Waals surface area contributed by atoms with Crippen molar-refractivity contribution >= 4 is 17.1 Å². The number of oxazole rings is 1. The number of nitrogens with zero attached hydrogens (tertiary/aromatic N) is 4. The third-order valence-corrected chi connectivity index (χ3v) is 4.64. The Bertz CT molecular complexity index is 851. The second kappa shape index (κ2) is 6.80. The first-order valence-corrected chi connectivity index (χ1v) is 8.56. The van der Waals surface area contributed by atoms with Crippen molar-refractivity contribution in [3.8, 4) is 0 Å². The Labute approximate surface area is 146 Å². The van der Waals surface area contributed by atoms with E-state index in [4.69, 9.17) is 4.42 Å². The van der Waals surface area contributed by atoms with Crippen molar-refractivity contribution in [2.75, 3.05) is 31.6 Å². The van der Waals surface area contributed by atoms with Crippen LogP contribution in [-0.2, 0) is 6.54 Å². The lowest BCUT2D eigenvalue weighted by Crippen LogP contribution is -2.28. The minimum Gasteiger partial charge on any atom is -0.423 e. The van der Waals surface area contributed by atoms with Crippen LogP contribution in [0.15, 0.2) is 47.1 Å². The van der Waals surface area contributed by atoms with Crippen LogP contribution in [0.5, 0.6) is 0 Å². The molecular formula is C19H21FN4O. The fourth-order valence-corrected chi connectivity index (χ4v) is 3.49. The first-order valence-electron chi connectivity index (χ1n) is 8.56. The van der Waals surface area contributed by atoms with Crippen LogP contribution in [0.3, 0.4) is 0 Å². The van der Waals surface area contributed by atoms with Gasteiger partial charge in [0.25, 0.3) is 6.01 Å². The highest BCUT2D eigenvalue weighted by molar-refractivity contribution is 5.74. The van der Waals surface area contributed by atoms with Crippen LogP contribution in [0.1, 0.15) is 12.0 Å². The minimum absolute atomic E-state index is 0.288. The van der Waals surface area contributed by atoms with Gasteiger partial charge in [0, 0.05) is 44.6 Å². The van der Waals surface area contributed by atoms with Crippen LogP contribution >= 0.6 is 0 Å². The highest BCUT2D eigenvalue weighted by Crippen LogP contribution is 2.27. The number of halogens is 1. The molecule has 0 bridgehead atoms. The Morgan fingerprint density at radius 1 is 1.36 bits per heavy atom. The summed E-state index contributed by atoms with van der Waals surface area (Å²) in [6, 6.07) is 9.11. The second-order valence-electron chi connectivity index (χ2n) is 6.77. The summed E-state index contributed by atoms with van der Waals surface area (Å²) >= 11 is 0. The van der Waals surface area contributed by atoms with E-state index in [-0.39, 0.29) is 5.82 Å². The molecule has 130 valence electrons. The summed E-state index contributed by atoms with van der Waals surface area (Å²) in [6.45, 7) is 3.74. The molecule has 4 rings (SSSR count). The summed E-state index contributed by atoms with van der Waals surface area (Å²) in [5, 5.41) is 0. The van der Waals surface area contributed by atoms with Crippen molar-refractivity contribution in [3.05, 3.63) is 54.1 Å². The maximum absolute atomic E-state index is 13.3. The van der Waals surface area contributed by atoms with E-state index in [0.29, 0.717) is 23.0 Å². The molecular weight excluding hydrogens is 319 g/mol. The topological polar surface area (TPSA) is 45.4 Å². The van der Waals surface area contributed by atoms with Gasteiger partial charge < -0.3 is 14.2 Å². The highest BCUT2D eigenvalue weighted by Gasteiger charge is 2.26. The van der Waals surface area contributed by atoms with Crippen LogP contribution in [0.25, 0.3) is 11.1 Å². The Hall–Kier alpha value is -2.47. The number of hydrogen-bond donors (Lipinski definition) is 0. The summed E-state index contributed by atoms with van der Waals surface area (Å²) in [5.41, 5.74) is 2.43. The van der Waals surface area contributed by atoms with E-state index in [2.05, 4.69) is 32.9 Å². The van der Waals surface area contributed by atoms with Gasteiger partial charge in [-0.15, -0.1) is 0 Å². The predicted molar refractivity (Wildman–Crippen MR) is 94.9 cm³/mol. The molecule has 0 aliphatic carbocycles. The Kier molecular flexibility index (Phi) is 4.36. The third-order valence-electron chi connectivity index (χ3n) is 4.64. The molecule has 0 unspecified atom stereocenters. The molecule has 0 saturated carbocycles. The Morgan fingerprint density at radius 3 is 3.12 bits per heavy atom. The molecule has 5 nitrogen and oxygen atoms in total. The zero-order chi connectivity index (χ0) is 17.2. The number of fused-ring (bicyclic) bond motifs is 1. The van der Waals surface area contributed by atoms with Gasteiger partial charge in [-0.25, -0.2) is 4.39 Å². The molecule has 1 aliphatic rings. The maximum Gasteiger partial charge on any atom is 0.298 e. The first kappa shape index (κ1) is 16.0. The standard InChI is InChI=1S/C19H21FN4O/c1-23(11-14-3-2-7-21-10-14)12-15-6-8-24(13-15)19-22-17-9-16(20)4-5-18(17)25-19/h2-5,7,9-10,15H,6,8,11-13H2,1H3/t15-/m0/s1. The maximum atomic E-state index is 13.3. The molecule has 1 saturated heterocycles. The molecule has 0 N–H and O–H groups in total. The van der Waals surface area contributed by atoms with Gasteiger partial charge in [0.1, 0.15) is 11.3 Å². The summed E-state index contributed by atoms with van der Waals surface area (Å²) in [5.74, 6) is 0.275. The van der Waals surface area contributed by atoms with E-state index in [1.165, 1.54) is 17.7 Å². The molecule has 3 heterocycles. The van der Waals surface area contributed by atoms with Gasteiger partial charge >= 0.3 is 0 Å². The monoisotopic (exact) mass is 340 g/mol. The molecule has 1 fully saturated rings. The molecule has 0 radical (unpaired) electrons. The van der Waals surface area contributed by atoms with Crippen molar-refractivity contribution in [1.29, 1.82) is 0 Å². The normalized spacial score (nSPS) is 17.7. The number of pyridine rings is 1. The average molecular weight is 340 g/mol. The minimum atomic E-state index is -0.288. The number of benzene rings is 1. The molecule has 3 aromatic rings. The molecule has 2 aromatic heterocycles. The Balaban J connectivity index is 1.37. The van der Waals surface area contributed by atoms with Gasteiger partial charge in [-0.3, -0.25) is 4.98 Å². The van der Waals surface area contributed by atoms with Crippen molar-refractivity contribution in [1.82, 2.24) is 14.9 Å². The fraction of sp³-hybridized carbons (Fsp3) is 0.368. The van der Waals surface area contributed by atoms with Gasteiger partial charge in [0.05, 0.1) is 0 Å². The molecule has 6 heteroatoms. The summed E-state index contributed by atoms with van der Waals surface area (Å²) < 4.78 is 19.1. The van der Waals surface area contributed by atoms with Crippen molar-refractivity contribution in [3.63, 3.8) is 0 Å². The van der Waals surface area contributed by atoms with Crippen LogP contribution in [0.2, 0.25) is 0 Å². The average Bonchev–Trinajstić information content (AvgIpc) is 3.21. The zero-order valence-corrected chi connectivity index (χ0v) is 14.2. The van der Waals surface area contributed by atoms with E-state index in [9.17, 15) is 4.39 Å². The van der Waals surface area contributed by atoms with E-state index in [0.717, 1.165) is 32.6 Å². The fourth-order valence-electron chi connectivity index (χ4n) is 3.49. The Morgan fingerprint density at radius 2 is 2.28 bits per heavy atom. The number of aromatic nitrogens is 2. The van der Waals surface area contributed by atoms with Gasteiger partial charge in [-0.2, -0.15) is 4.98 Å². The summed E-state index contributed by atoms with van der Waals surface area (Å²) in [7, 11) is 2.14. The summed E-state index contributed by atoms with van der Waals surface area (Å²) in [4.78, 5) is 13.1. The van der Waals surface area contributed by atoms with Crippen molar-refractivity contribution in [2.45, 2.75) is 13.0 Å². The smallest absolute Gasteiger partial charge is 0.298 e. The molecule has 1 aliphatic heterocycles. The molecule has 0 spiro atoms. The highest BCUT2D eigenvalue weighted by atomic mass is 19.1. The van der Waals surface area contributed by atoms with E-state index in [1.54, 1.807) is 12.3 Å². The van der Waals surface area contributed by atoms with Crippen molar-refractivity contribution < 1.29 is 8.81 Å². The lowest BCUT2D eigenvalue weighted by molar-refractivity contribution is 0.279. The van der Waals surface area contributed by atoms with Crippen LogP contribution < -0.4 is 4.90 Å². The van der Waals surface area contributed by atoms with Gasteiger partial charge in [-0.1, -0.05) is 6.07 Å². The largest absolute Gasteiger partial charge is 0.423 e. The molecule has 25 heavy (non-hydrogen) atoms. The van der Waals surface area contributed by atoms with Crippen LogP contribution in [0.4, 0.5) is 10.4 Å². The third kappa shape index (κ3) is 3.64. The molecule has 0 amide bonds. The van der Waals surface area contributed by atoms with Gasteiger partial charge in [0.2, 0.25) is 0 Å². The number of rotatable bonds is 5. The van der Waals surface area contributed by atoms with Crippen LogP contribution in [-0.4, -0.2) is 41.5 Å². The number of anilines is 1. The van der Waals surface area contributed by atoms with Gasteiger partial charge in [0.15, 0.2) is 5.58 Å².